The fourth-order valence-electron chi connectivity index (χ4n) is 2.98. The van der Waals surface area contributed by atoms with Crippen LogP contribution in [0.5, 0.6) is 0 Å². The minimum absolute atomic E-state index is 0.0303. The Labute approximate surface area is 187 Å². The molecule has 30 heavy (non-hydrogen) atoms. The summed E-state index contributed by atoms with van der Waals surface area (Å²) in [5.41, 5.74) is 2.06. The molecule has 3 heterocycles. The van der Waals surface area contributed by atoms with E-state index in [9.17, 15) is 13.2 Å². The minimum atomic E-state index is -3.77. The lowest BCUT2D eigenvalue weighted by Crippen LogP contribution is -2.40. The molecule has 158 valence electrons. The van der Waals surface area contributed by atoms with E-state index in [-0.39, 0.29) is 35.3 Å². The number of aromatic nitrogens is 1. The number of morpholine rings is 1. The van der Waals surface area contributed by atoms with Crippen molar-refractivity contribution in [1.29, 1.82) is 0 Å². The second-order valence-corrected chi connectivity index (χ2v) is 10.5. The molecular formula is C19H18ClN3O4S3. The van der Waals surface area contributed by atoms with Crippen molar-refractivity contribution in [2.45, 2.75) is 11.3 Å². The number of hydrogen-bond acceptors (Lipinski definition) is 7. The van der Waals surface area contributed by atoms with E-state index in [4.69, 9.17) is 16.3 Å². The van der Waals surface area contributed by atoms with Crippen molar-refractivity contribution < 1.29 is 17.9 Å². The standard InChI is InChI=1S/C19H18ClN3O4S3/c20-16-2-1-14(9-17(16)30(25,26)23-4-6-27-7-5-23)21-18(24)10-15-12-29-19(22-15)13-3-8-28-11-13/h1-3,8-9,11-12H,4-7,10H2,(H,21,24). The molecular weight excluding hydrogens is 466 g/mol. The third kappa shape index (κ3) is 4.74. The van der Waals surface area contributed by atoms with Gasteiger partial charge in [0, 0.05) is 35.1 Å². The Hall–Kier alpha value is -1.82. The van der Waals surface area contributed by atoms with E-state index in [1.165, 1.54) is 27.8 Å². The molecule has 1 N–H and O–H groups in total. The van der Waals surface area contributed by atoms with Crippen LogP contribution in [0, 0.1) is 0 Å². The number of hydrogen-bond donors (Lipinski definition) is 1. The molecule has 1 saturated heterocycles. The van der Waals surface area contributed by atoms with Crippen molar-refractivity contribution in [2.75, 3.05) is 31.6 Å². The molecule has 0 spiro atoms. The number of carbonyl (C=O) groups is 1. The molecule has 0 bridgehead atoms. The number of amides is 1. The van der Waals surface area contributed by atoms with Gasteiger partial charge in [-0.15, -0.1) is 11.3 Å². The number of rotatable bonds is 6. The molecule has 0 saturated carbocycles. The van der Waals surface area contributed by atoms with Crippen LogP contribution in [0.25, 0.3) is 10.6 Å². The first-order valence-corrected chi connectivity index (χ1v) is 12.7. The molecule has 0 aliphatic carbocycles. The molecule has 1 fully saturated rings. The Balaban J connectivity index is 1.47. The summed E-state index contributed by atoms with van der Waals surface area (Å²) >= 11 is 9.23. The zero-order chi connectivity index (χ0) is 21.1. The van der Waals surface area contributed by atoms with Crippen LogP contribution in [0.3, 0.4) is 0 Å². The van der Waals surface area contributed by atoms with Crippen LogP contribution in [0.15, 0.2) is 45.3 Å². The van der Waals surface area contributed by atoms with Gasteiger partial charge >= 0.3 is 0 Å². The van der Waals surface area contributed by atoms with Crippen molar-refractivity contribution in [3.8, 4) is 10.6 Å². The summed E-state index contributed by atoms with van der Waals surface area (Å²) in [7, 11) is -3.77. The van der Waals surface area contributed by atoms with Crippen LogP contribution in [-0.2, 0) is 26.0 Å². The molecule has 1 amide bonds. The number of halogens is 1. The monoisotopic (exact) mass is 483 g/mol. The summed E-state index contributed by atoms with van der Waals surface area (Å²) in [6, 6.07) is 6.43. The fourth-order valence-corrected chi connectivity index (χ4v) is 6.42. The number of nitrogens with one attached hydrogen (secondary N) is 1. The van der Waals surface area contributed by atoms with Gasteiger partial charge in [0.25, 0.3) is 0 Å². The van der Waals surface area contributed by atoms with E-state index in [2.05, 4.69) is 10.3 Å². The van der Waals surface area contributed by atoms with Crippen LogP contribution in [-0.4, -0.2) is 49.9 Å². The molecule has 0 unspecified atom stereocenters. The number of thiophene rings is 1. The van der Waals surface area contributed by atoms with Crippen LogP contribution in [0.4, 0.5) is 5.69 Å². The second-order valence-electron chi connectivity index (χ2n) is 6.54. The number of benzene rings is 1. The lowest BCUT2D eigenvalue weighted by atomic mass is 10.2. The number of carbonyl (C=O) groups excluding carboxylic acids is 1. The average molecular weight is 484 g/mol. The highest BCUT2D eigenvalue weighted by Crippen LogP contribution is 2.29. The number of thiazole rings is 1. The molecule has 3 aromatic rings. The van der Waals surface area contributed by atoms with Crippen molar-refractivity contribution >= 4 is 55.9 Å². The first-order chi connectivity index (χ1) is 14.4. The van der Waals surface area contributed by atoms with Crippen molar-refractivity contribution in [3.05, 3.63) is 51.1 Å². The van der Waals surface area contributed by atoms with Crippen molar-refractivity contribution in [1.82, 2.24) is 9.29 Å². The van der Waals surface area contributed by atoms with E-state index in [1.807, 2.05) is 22.2 Å². The highest BCUT2D eigenvalue weighted by atomic mass is 35.5. The van der Waals surface area contributed by atoms with Crippen LogP contribution in [0.2, 0.25) is 5.02 Å². The zero-order valence-corrected chi connectivity index (χ0v) is 18.9. The Morgan fingerprint density at radius 1 is 1.23 bits per heavy atom. The van der Waals surface area contributed by atoms with E-state index < -0.39 is 10.0 Å². The molecule has 1 aromatic carbocycles. The molecule has 1 aliphatic heterocycles. The fraction of sp³-hybridized carbons (Fsp3) is 0.263. The molecule has 4 rings (SSSR count). The summed E-state index contributed by atoms with van der Waals surface area (Å²) in [4.78, 5) is 16.9. The smallest absolute Gasteiger partial charge is 0.244 e. The van der Waals surface area contributed by atoms with Crippen molar-refractivity contribution in [3.63, 3.8) is 0 Å². The van der Waals surface area contributed by atoms with Gasteiger partial charge in [-0.25, -0.2) is 13.4 Å². The normalized spacial score (nSPS) is 15.2. The number of anilines is 1. The number of sulfonamides is 1. The summed E-state index contributed by atoms with van der Waals surface area (Å²) in [6.45, 7) is 1.22. The summed E-state index contributed by atoms with van der Waals surface area (Å²) in [5.74, 6) is -0.283. The van der Waals surface area contributed by atoms with Gasteiger partial charge in [-0.3, -0.25) is 4.79 Å². The van der Waals surface area contributed by atoms with Gasteiger partial charge < -0.3 is 10.1 Å². The van der Waals surface area contributed by atoms with Gasteiger partial charge in [0.15, 0.2) is 0 Å². The third-order valence-corrected chi connectivity index (χ3v) is 8.47. The van der Waals surface area contributed by atoms with E-state index in [1.54, 1.807) is 17.4 Å². The van der Waals surface area contributed by atoms with Crippen LogP contribution in [0.1, 0.15) is 5.69 Å². The van der Waals surface area contributed by atoms with Crippen LogP contribution >= 0.6 is 34.3 Å². The van der Waals surface area contributed by atoms with E-state index >= 15 is 0 Å². The van der Waals surface area contributed by atoms with E-state index in [0.29, 0.717) is 24.6 Å². The third-order valence-electron chi connectivity index (χ3n) is 4.46. The first kappa shape index (κ1) is 21.4. The SMILES string of the molecule is O=C(Cc1csc(-c2ccsc2)n1)Nc1ccc(Cl)c(S(=O)(=O)N2CCOCC2)c1. The average Bonchev–Trinajstić information content (AvgIpc) is 3.42. The maximum Gasteiger partial charge on any atom is 0.244 e. The van der Waals surface area contributed by atoms with E-state index in [0.717, 1.165) is 10.6 Å². The Morgan fingerprint density at radius 2 is 2.03 bits per heavy atom. The molecule has 11 heteroatoms. The largest absolute Gasteiger partial charge is 0.379 e. The zero-order valence-electron chi connectivity index (χ0n) is 15.7. The predicted octanol–water partition coefficient (Wildman–Crippen LogP) is 3.73. The highest BCUT2D eigenvalue weighted by molar-refractivity contribution is 7.89. The Bertz CT molecular complexity index is 1140. The maximum atomic E-state index is 12.9. The number of nitrogens with zero attached hydrogens (tertiary/aromatic N) is 2. The van der Waals surface area contributed by atoms with Gasteiger partial charge in [-0.2, -0.15) is 15.6 Å². The maximum absolute atomic E-state index is 12.9. The van der Waals surface area contributed by atoms with Gasteiger partial charge in [-0.1, -0.05) is 11.6 Å². The molecule has 7 nitrogen and oxygen atoms in total. The lowest BCUT2D eigenvalue weighted by Gasteiger charge is -2.26. The topological polar surface area (TPSA) is 88.6 Å². The predicted molar refractivity (Wildman–Crippen MR) is 119 cm³/mol. The minimum Gasteiger partial charge on any atom is -0.379 e. The second kappa shape index (κ2) is 9.13. The van der Waals surface area contributed by atoms with Crippen LogP contribution < -0.4 is 5.32 Å². The van der Waals surface area contributed by atoms with Crippen molar-refractivity contribution in [2.24, 2.45) is 0 Å². The Morgan fingerprint density at radius 3 is 2.77 bits per heavy atom. The molecule has 0 atom stereocenters. The number of ether oxygens (including phenoxy) is 1. The quantitative estimate of drug-likeness (QED) is 0.577. The lowest BCUT2D eigenvalue weighted by molar-refractivity contribution is -0.115. The first-order valence-electron chi connectivity index (χ1n) is 9.08. The molecule has 0 radical (unpaired) electrons. The summed E-state index contributed by atoms with van der Waals surface area (Å²) < 4.78 is 32.4. The molecule has 1 aliphatic rings. The summed E-state index contributed by atoms with van der Waals surface area (Å²) in [6.07, 6.45) is 0.0921. The van der Waals surface area contributed by atoms with Gasteiger partial charge in [-0.05, 0) is 29.6 Å². The Kier molecular flexibility index (Phi) is 6.51. The highest BCUT2D eigenvalue weighted by Gasteiger charge is 2.28. The van der Waals surface area contributed by atoms with Gasteiger partial charge in [0.05, 0.1) is 30.4 Å². The summed E-state index contributed by atoms with van der Waals surface area (Å²) in [5, 5.41) is 9.55. The van der Waals surface area contributed by atoms with Gasteiger partial charge in [0.1, 0.15) is 9.90 Å². The van der Waals surface area contributed by atoms with Gasteiger partial charge in [0.2, 0.25) is 15.9 Å². The molecule has 2 aromatic heterocycles.